The zero-order valence-corrected chi connectivity index (χ0v) is 13.2. The number of hydrogen-bond donors (Lipinski definition) is 0. The molecule has 3 aromatic rings. The largest absolute Gasteiger partial charge is 0.306 e. The van der Waals surface area contributed by atoms with Crippen molar-refractivity contribution in [3.05, 3.63) is 83.4 Å². The molecule has 1 unspecified atom stereocenters. The summed E-state index contributed by atoms with van der Waals surface area (Å²) in [5.74, 6) is 0. The molecular formula is C18H18ClN3. The van der Waals surface area contributed by atoms with Crippen LogP contribution in [0.5, 0.6) is 0 Å². The van der Waals surface area contributed by atoms with Crippen molar-refractivity contribution in [3.63, 3.8) is 0 Å². The lowest BCUT2D eigenvalue weighted by atomic mass is 9.79. The Morgan fingerprint density at radius 3 is 2.09 bits per heavy atom. The van der Waals surface area contributed by atoms with Crippen LogP contribution in [0.15, 0.2) is 67.3 Å². The number of aromatic nitrogens is 3. The Balaban J connectivity index is 2.26. The second-order valence-corrected chi connectivity index (χ2v) is 5.79. The molecule has 0 aliphatic carbocycles. The molecule has 0 amide bonds. The van der Waals surface area contributed by atoms with Crippen molar-refractivity contribution in [2.24, 2.45) is 0 Å². The summed E-state index contributed by atoms with van der Waals surface area (Å²) in [7, 11) is 0. The zero-order chi connectivity index (χ0) is 15.4. The number of nitrogens with zero attached hydrogens (tertiary/aromatic N) is 3. The first kappa shape index (κ1) is 14.8. The molecule has 4 heteroatoms. The van der Waals surface area contributed by atoms with E-state index in [1.807, 2.05) is 18.2 Å². The molecule has 1 heterocycles. The predicted molar refractivity (Wildman–Crippen MR) is 89.0 cm³/mol. The van der Waals surface area contributed by atoms with Gasteiger partial charge >= 0.3 is 0 Å². The molecule has 1 atom stereocenters. The molecule has 2 aromatic carbocycles. The molecular weight excluding hydrogens is 294 g/mol. The average molecular weight is 312 g/mol. The molecule has 0 bridgehead atoms. The Hall–Kier alpha value is -2.13. The van der Waals surface area contributed by atoms with E-state index in [9.17, 15) is 0 Å². The van der Waals surface area contributed by atoms with Crippen molar-refractivity contribution in [1.29, 1.82) is 0 Å². The lowest BCUT2D eigenvalue weighted by molar-refractivity contribution is 0.392. The second-order valence-electron chi connectivity index (χ2n) is 5.35. The highest BCUT2D eigenvalue weighted by molar-refractivity contribution is 6.30. The van der Waals surface area contributed by atoms with Crippen LogP contribution in [0.3, 0.4) is 0 Å². The average Bonchev–Trinajstić information content (AvgIpc) is 3.09. The number of rotatable bonds is 5. The Kier molecular flexibility index (Phi) is 4.25. The zero-order valence-electron chi connectivity index (χ0n) is 12.5. The fraction of sp³-hybridized carbons (Fsp3) is 0.222. The first-order valence-corrected chi connectivity index (χ1v) is 7.82. The van der Waals surface area contributed by atoms with Gasteiger partial charge < -0.3 is 4.57 Å². The maximum absolute atomic E-state index is 6.08. The van der Waals surface area contributed by atoms with Crippen LogP contribution >= 0.6 is 11.6 Å². The summed E-state index contributed by atoms with van der Waals surface area (Å²) >= 11 is 6.08. The highest BCUT2D eigenvalue weighted by atomic mass is 35.5. The summed E-state index contributed by atoms with van der Waals surface area (Å²) < 4.78 is 2.09. The molecule has 1 aromatic heterocycles. The molecule has 0 saturated carbocycles. The Labute approximate surface area is 135 Å². The second kappa shape index (κ2) is 6.32. The van der Waals surface area contributed by atoms with Crippen LogP contribution in [-0.4, -0.2) is 14.8 Å². The molecule has 0 N–H and O–H groups in total. The third-order valence-electron chi connectivity index (χ3n) is 4.04. The normalized spacial score (nSPS) is 13.7. The molecule has 0 fully saturated rings. The summed E-state index contributed by atoms with van der Waals surface area (Å²) in [6.45, 7) is 2.19. The van der Waals surface area contributed by atoms with Crippen molar-refractivity contribution in [3.8, 4) is 0 Å². The summed E-state index contributed by atoms with van der Waals surface area (Å²) in [5.41, 5.74) is 2.09. The van der Waals surface area contributed by atoms with E-state index in [0.29, 0.717) is 0 Å². The van der Waals surface area contributed by atoms with E-state index in [0.717, 1.165) is 17.9 Å². The van der Waals surface area contributed by atoms with Crippen LogP contribution in [0.25, 0.3) is 0 Å². The van der Waals surface area contributed by atoms with E-state index >= 15 is 0 Å². The summed E-state index contributed by atoms with van der Waals surface area (Å²) in [6.07, 6.45) is 5.57. The lowest BCUT2D eigenvalue weighted by Gasteiger charge is -2.36. The highest BCUT2D eigenvalue weighted by Crippen LogP contribution is 2.38. The molecule has 3 nitrogen and oxygen atoms in total. The monoisotopic (exact) mass is 311 g/mol. The minimum atomic E-state index is -0.315. The standard InChI is InChI=1S/C18H18ClN3/c1-2-12-18(22-13-20-21-14-22,15-6-4-3-5-7-15)16-8-10-17(19)11-9-16/h3-11,13-14H,2,12H2,1H3. The van der Waals surface area contributed by atoms with Crippen molar-refractivity contribution >= 4 is 11.6 Å². The van der Waals surface area contributed by atoms with Gasteiger partial charge in [0.25, 0.3) is 0 Å². The SMILES string of the molecule is CCCC(c1ccccc1)(c1ccc(Cl)cc1)n1cnnc1. The van der Waals surface area contributed by atoms with Gasteiger partial charge in [0.2, 0.25) is 0 Å². The molecule has 0 radical (unpaired) electrons. The van der Waals surface area contributed by atoms with Gasteiger partial charge in [0.15, 0.2) is 0 Å². The molecule has 0 aliphatic rings. The number of halogens is 1. The number of benzene rings is 2. The fourth-order valence-electron chi connectivity index (χ4n) is 3.08. The van der Waals surface area contributed by atoms with Gasteiger partial charge in [-0.05, 0) is 29.7 Å². The van der Waals surface area contributed by atoms with E-state index < -0.39 is 0 Å². The topological polar surface area (TPSA) is 30.7 Å². The molecule has 22 heavy (non-hydrogen) atoms. The first-order valence-electron chi connectivity index (χ1n) is 7.44. The molecule has 0 aliphatic heterocycles. The Morgan fingerprint density at radius 1 is 0.909 bits per heavy atom. The maximum atomic E-state index is 6.08. The third kappa shape index (κ3) is 2.53. The van der Waals surface area contributed by atoms with Crippen LogP contribution in [0, 0.1) is 0 Å². The van der Waals surface area contributed by atoms with Crippen LogP contribution in [0.4, 0.5) is 0 Å². The Morgan fingerprint density at radius 2 is 1.50 bits per heavy atom. The van der Waals surface area contributed by atoms with Crippen molar-refractivity contribution in [2.45, 2.75) is 25.3 Å². The van der Waals surface area contributed by atoms with Gasteiger partial charge in [-0.2, -0.15) is 0 Å². The summed E-state index contributed by atoms with van der Waals surface area (Å²) in [4.78, 5) is 0. The van der Waals surface area contributed by atoms with Gasteiger partial charge in [-0.1, -0.05) is 67.4 Å². The highest BCUT2D eigenvalue weighted by Gasteiger charge is 2.35. The minimum Gasteiger partial charge on any atom is -0.306 e. The van der Waals surface area contributed by atoms with E-state index in [4.69, 9.17) is 11.6 Å². The van der Waals surface area contributed by atoms with Gasteiger partial charge in [0, 0.05) is 5.02 Å². The van der Waals surface area contributed by atoms with Crippen molar-refractivity contribution in [2.75, 3.05) is 0 Å². The van der Waals surface area contributed by atoms with Crippen LogP contribution in [0.2, 0.25) is 5.02 Å². The summed E-state index contributed by atoms with van der Waals surface area (Å²) in [5, 5.41) is 8.79. The Bertz CT molecular complexity index is 708. The number of hydrogen-bond acceptors (Lipinski definition) is 2. The van der Waals surface area contributed by atoms with Gasteiger partial charge in [0.05, 0.1) is 5.54 Å². The first-order chi connectivity index (χ1) is 10.8. The maximum Gasteiger partial charge on any atom is 0.120 e. The molecule has 0 spiro atoms. The van der Waals surface area contributed by atoms with E-state index in [2.05, 4.69) is 58.1 Å². The lowest BCUT2D eigenvalue weighted by Crippen LogP contribution is -2.35. The van der Waals surface area contributed by atoms with E-state index in [1.165, 1.54) is 11.1 Å². The van der Waals surface area contributed by atoms with Crippen molar-refractivity contribution in [1.82, 2.24) is 14.8 Å². The van der Waals surface area contributed by atoms with E-state index in [1.54, 1.807) is 12.7 Å². The molecule has 112 valence electrons. The third-order valence-corrected chi connectivity index (χ3v) is 4.30. The van der Waals surface area contributed by atoms with Gasteiger partial charge in [-0.3, -0.25) is 0 Å². The van der Waals surface area contributed by atoms with Crippen molar-refractivity contribution < 1.29 is 0 Å². The minimum absolute atomic E-state index is 0.315. The van der Waals surface area contributed by atoms with Gasteiger partial charge in [-0.15, -0.1) is 10.2 Å². The molecule has 0 saturated heterocycles. The quantitative estimate of drug-likeness (QED) is 0.693. The van der Waals surface area contributed by atoms with E-state index in [-0.39, 0.29) is 5.54 Å². The van der Waals surface area contributed by atoms with Crippen LogP contribution < -0.4 is 0 Å². The molecule has 3 rings (SSSR count). The smallest absolute Gasteiger partial charge is 0.120 e. The van der Waals surface area contributed by atoms with Crippen LogP contribution in [0.1, 0.15) is 30.9 Å². The predicted octanol–water partition coefficient (Wildman–Crippen LogP) is 4.52. The summed E-state index contributed by atoms with van der Waals surface area (Å²) in [6, 6.07) is 18.5. The van der Waals surface area contributed by atoms with Gasteiger partial charge in [-0.25, -0.2) is 0 Å². The fourth-order valence-corrected chi connectivity index (χ4v) is 3.21. The van der Waals surface area contributed by atoms with Gasteiger partial charge in [0.1, 0.15) is 12.7 Å². The van der Waals surface area contributed by atoms with Crippen LogP contribution in [-0.2, 0) is 5.54 Å².